The van der Waals surface area contributed by atoms with Gasteiger partial charge in [-0.15, -0.1) is 0 Å². The Morgan fingerprint density at radius 1 is 0.833 bits per heavy atom. The van der Waals surface area contributed by atoms with Crippen LogP contribution in [0.2, 0.25) is 0 Å². The third kappa shape index (κ3) is 8.23. The zero-order valence-electron chi connectivity index (χ0n) is 15.8. The summed E-state index contributed by atoms with van der Waals surface area (Å²) in [5, 5.41) is 0. The number of carbonyl (C=O) groups is 3. The van der Waals surface area contributed by atoms with Crippen molar-refractivity contribution in [2.24, 2.45) is 0 Å². The van der Waals surface area contributed by atoms with E-state index in [0.29, 0.717) is 0 Å². The van der Waals surface area contributed by atoms with Crippen LogP contribution >= 0.6 is 0 Å². The van der Waals surface area contributed by atoms with Gasteiger partial charge >= 0.3 is 17.9 Å². The van der Waals surface area contributed by atoms with Crippen molar-refractivity contribution >= 4 is 17.9 Å². The van der Waals surface area contributed by atoms with E-state index in [4.69, 9.17) is 29.8 Å². The highest BCUT2D eigenvalue weighted by molar-refractivity contribution is 5.67. The second kappa shape index (κ2) is 11.8. The van der Waals surface area contributed by atoms with Gasteiger partial charge in [0.25, 0.3) is 0 Å². The molecule has 9 nitrogen and oxygen atoms in total. The number of esters is 3. The van der Waals surface area contributed by atoms with Gasteiger partial charge in [-0.2, -0.15) is 0 Å². The van der Waals surface area contributed by atoms with Gasteiger partial charge in [0, 0.05) is 42.1 Å². The van der Waals surface area contributed by atoms with Gasteiger partial charge in [-0.25, -0.2) is 0 Å². The molecule has 0 spiro atoms. The van der Waals surface area contributed by atoms with Crippen LogP contribution in [0.15, 0.2) is 0 Å². The Morgan fingerprint density at radius 3 is 1.79 bits per heavy atom. The molecular formula is C15H26O9. The van der Waals surface area contributed by atoms with Crippen LogP contribution in [-0.2, 0) is 42.8 Å². The first-order chi connectivity index (χ1) is 11.7. The number of carbonyl (C=O) groups excluding carboxylic acids is 3. The SMILES string of the molecule is [2H]C(OC(C)=O)C(OC)C(OC(C)=O)C(OC)C(COC)OC(C)=O. The lowest BCUT2D eigenvalue weighted by Gasteiger charge is -2.34. The van der Waals surface area contributed by atoms with E-state index < -0.39 is 48.9 Å². The molecule has 0 N–H and O–H groups in total. The van der Waals surface area contributed by atoms with Crippen molar-refractivity contribution in [1.82, 2.24) is 0 Å². The van der Waals surface area contributed by atoms with Gasteiger partial charge in [0.2, 0.25) is 0 Å². The molecule has 5 atom stereocenters. The number of methoxy groups -OCH3 is 3. The molecule has 24 heavy (non-hydrogen) atoms. The minimum absolute atomic E-state index is 0.0531. The fourth-order valence-corrected chi connectivity index (χ4v) is 2.01. The summed E-state index contributed by atoms with van der Waals surface area (Å²) in [6, 6.07) is 0. The third-order valence-electron chi connectivity index (χ3n) is 2.88. The highest BCUT2D eigenvalue weighted by atomic mass is 16.6. The van der Waals surface area contributed by atoms with Gasteiger partial charge < -0.3 is 28.4 Å². The molecule has 0 heterocycles. The van der Waals surface area contributed by atoms with E-state index in [2.05, 4.69) is 0 Å². The molecule has 0 saturated heterocycles. The molecule has 0 aliphatic heterocycles. The molecule has 0 amide bonds. The van der Waals surface area contributed by atoms with E-state index in [1.165, 1.54) is 28.3 Å². The van der Waals surface area contributed by atoms with Crippen molar-refractivity contribution in [3.63, 3.8) is 0 Å². The molecule has 5 unspecified atom stereocenters. The number of hydrogen-bond acceptors (Lipinski definition) is 9. The average molecular weight is 351 g/mol. The molecule has 9 heteroatoms. The molecule has 0 aliphatic carbocycles. The van der Waals surface area contributed by atoms with Crippen molar-refractivity contribution in [1.29, 1.82) is 0 Å². The lowest BCUT2D eigenvalue weighted by Crippen LogP contribution is -2.52. The molecule has 0 aromatic carbocycles. The summed E-state index contributed by atoms with van der Waals surface area (Å²) < 4.78 is 38.6. The zero-order chi connectivity index (χ0) is 19.6. The van der Waals surface area contributed by atoms with Crippen LogP contribution in [0, 0.1) is 0 Å². The lowest BCUT2D eigenvalue weighted by molar-refractivity contribution is -0.194. The molecular weight excluding hydrogens is 324 g/mol. The Balaban J connectivity index is 5.68. The minimum atomic E-state index is -1.50. The number of rotatable bonds is 11. The molecule has 140 valence electrons. The Bertz CT molecular complexity index is 443. The first-order valence-electron chi connectivity index (χ1n) is 7.74. The molecule has 0 fully saturated rings. The molecule has 0 radical (unpaired) electrons. The molecule has 0 rings (SSSR count). The van der Waals surface area contributed by atoms with Gasteiger partial charge in [0.1, 0.15) is 18.8 Å². The summed E-state index contributed by atoms with van der Waals surface area (Å²) in [7, 11) is 3.96. The zero-order valence-corrected chi connectivity index (χ0v) is 14.8. The van der Waals surface area contributed by atoms with Crippen LogP contribution in [0.25, 0.3) is 0 Å². The molecule has 0 saturated carbocycles. The van der Waals surface area contributed by atoms with Gasteiger partial charge in [-0.3, -0.25) is 14.4 Å². The van der Waals surface area contributed by atoms with Crippen LogP contribution in [0.4, 0.5) is 0 Å². The highest BCUT2D eigenvalue weighted by Gasteiger charge is 2.40. The second-order valence-corrected chi connectivity index (χ2v) is 4.82. The monoisotopic (exact) mass is 351 g/mol. The van der Waals surface area contributed by atoms with E-state index in [-0.39, 0.29) is 6.61 Å². The van der Waals surface area contributed by atoms with Gasteiger partial charge in [-0.05, 0) is 0 Å². The van der Waals surface area contributed by atoms with Crippen LogP contribution in [0.1, 0.15) is 22.1 Å². The molecule has 0 aliphatic rings. The summed E-state index contributed by atoms with van der Waals surface area (Å²) in [5.41, 5.74) is 0. The lowest BCUT2D eigenvalue weighted by atomic mass is 10.0. The van der Waals surface area contributed by atoms with E-state index in [0.717, 1.165) is 13.8 Å². The van der Waals surface area contributed by atoms with Crippen molar-refractivity contribution in [3.05, 3.63) is 0 Å². The van der Waals surface area contributed by atoms with Crippen molar-refractivity contribution in [2.75, 3.05) is 34.5 Å². The molecule has 0 bridgehead atoms. The summed E-state index contributed by atoms with van der Waals surface area (Å²) in [6.45, 7) is 1.95. The number of ether oxygens (including phenoxy) is 6. The first kappa shape index (κ1) is 20.3. The molecule has 0 aromatic heterocycles. The van der Waals surface area contributed by atoms with Crippen molar-refractivity contribution in [2.45, 2.75) is 45.2 Å². The van der Waals surface area contributed by atoms with Crippen molar-refractivity contribution in [3.8, 4) is 0 Å². The summed E-state index contributed by atoms with van der Waals surface area (Å²) in [6.07, 6.45) is -4.36. The smallest absolute Gasteiger partial charge is 0.303 e. The van der Waals surface area contributed by atoms with E-state index in [1.807, 2.05) is 0 Å². The van der Waals surface area contributed by atoms with Crippen molar-refractivity contribution < 1.29 is 44.2 Å². The second-order valence-electron chi connectivity index (χ2n) is 4.82. The maximum atomic E-state index is 11.5. The maximum absolute atomic E-state index is 11.5. The van der Waals surface area contributed by atoms with Gasteiger partial charge in [-0.1, -0.05) is 0 Å². The fraction of sp³-hybridized carbons (Fsp3) is 0.800. The van der Waals surface area contributed by atoms with Crippen LogP contribution < -0.4 is 0 Å². The normalized spacial score (nSPS) is 17.7. The quantitative estimate of drug-likeness (QED) is 0.378. The topological polar surface area (TPSA) is 107 Å². The van der Waals surface area contributed by atoms with E-state index in [9.17, 15) is 14.4 Å². The summed E-state index contributed by atoms with van der Waals surface area (Å²) in [5.74, 6) is -1.98. The highest BCUT2D eigenvalue weighted by Crippen LogP contribution is 2.18. The Labute approximate surface area is 142 Å². The largest absolute Gasteiger partial charge is 0.463 e. The third-order valence-corrected chi connectivity index (χ3v) is 2.88. The van der Waals surface area contributed by atoms with Crippen LogP contribution in [0.3, 0.4) is 0 Å². The van der Waals surface area contributed by atoms with Gasteiger partial charge in [0.15, 0.2) is 12.2 Å². The Hall–Kier alpha value is -1.71. The maximum Gasteiger partial charge on any atom is 0.303 e. The standard InChI is InChI=1S/C15H26O9/c1-9(16)22-8-12(20-5)15(24-11(3)18)14(21-6)13(7-19-4)23-10(2)17/h12-15H,7-8H2,1-6H3/i8D. The first-order valence-corrected chi connectivity index (χ1v) is 7.16. The summed E-state index contributed by atoms with van der Waals surface area (Å²) in [4.78, 5) is 33.9. The number of hydrogen-bond donors (Lipinski definition) is 0. The Kier molecular flexibility index (Phi) is 9.97. The molecule has 0 aromatic rings. The van der Waals surface area contributed by atoms with E-state index >= 15 is 0 Å². The predicted octanol–water partition coefficient (Wildman–Crippen LogP) is 0.0893. The van der Waals surface area contributed by atoms with Gasteiger partial charge in [0.05, 0.1) is 7.98 Å². The Morgan fingerprint density at radius 2 is 1.42 bits per heavy atom. The predicted molar refractivity (Wildman–Crippen MR) is 81.2 cm³/mol. The fourth-order valence-electron chi connectivity index (χ4n) is 2.01. The van der Waals surface area contributed by atoms with E-state index in [1.54, 1.807) is 0 Å². The average Bonchev–Trinajstić information content (AvgIpc) is 2.46. The van der Waals surface area contributed by atoms with Crippen LogP contribution in [-0.4, -0.2) is 76.8 Å². The minimum Gasteiger partial charge on any atom is -0.463 e. The van der Waals surface area contributed by atoms with Crippen LogP contribution in [0.5, 0.6) is 0 Å². The summed E-state index contributed by atoms with van der Waals surface area (Å²) >= 11 is 0.